The largest absolute Gasteiger partial charge is 0.512 e. The molecule has 1 N–H and O–H groups in total. The third kappa shape index (κ3) is 10.8. The van der Waals surface area contributed by atoms with E-state index in [-0.39, 0.29) is 27.4 Å². The molecule has 0 heterocycles. The van der Waals surface area contributed by atoms with Crippen molar-refractivity contribution in [3.05, 3.63) is 205 Å². The maximum absolute atomic E-state index is 11.7. The standard InChI is InChI=1S/C60H74O5Si3/c1-45-53(46(2)61)44-54(64-67(59(6,7)8,49-34-22-14-23-35-49)50-36-24-15-25-37-50)57(56(45)65-68(60(9,10)11,51-38-26-16-27-39-51)52-40-28-17-29-41-52)62-43-42-55(58(3,4)5)63-66(47-30-18-12-19-31-47)48-32-20-13-21-33-48/h12-41,54-57,61,66H,1,42-44H2,2-11H3. The summed E-state index contributed by atoms with van der Waals surface area (Å²) in [6.07, 6.45) is -0.890. The van der Waals surface area contributed by atoms with Crippen molar-refractivity contribution >= 4 is 56.8 Å². The summed E-state index contributed by atoms with van der Waals surface area (Å²) in [5, 5.41) is 18.2. The van der Waals surface area contributed by atoms with Crippen molar-refractivity contribution in [1.29, 1.82) is 0 Å². The minimum absolute atomic E-state index is 0.131. The molecular weight excluding hydrogens is 885 g/mol. The molecule has 0 bridgehead atoms. The molecule has 4 unspecified atom stereocenters. The minimum Gasteiger partial charge on any atom is -0.512 e. The monoisotopic (exact) mass is 958 g/mol. The van der Waals surface area contributed by atoms with Gasteiger partial charge in [0.05, 0.1) is 24.1 Å². The number of rotatable bonds is 16. The lowest BCUT2D eigenvalue weighted by molar-refractivity contribution is -0.0929. The second kappa shape index (κ2) is 21.4. The molecule has 7 rings (SSSR count). The van der Waals surface area contributed by atoms with E-state index in [1.807, 2.05) is 0 Å². The van der Waals surface area contributed by atoms with Gasteiger partial charge in [0, 0.05) is 13.0 Å². The van der Waals surface area contributed by atoms with Gasteiger partial charge in [-0.2, -0.15) is 0 Å². The maximum atomic E-state index is 11.7. The van der Waals surface area contributed by atoms with E-state index in [1.54, 1.807) is 6.92 Å². The topological polar surface area (TPSA) is 57.2 Å². The molecule has 5 nitrogen and oxygen atoms in total. The Morgan fingerprint density at radius 3 is 1.26 bits per heavy atom. The summed E-state index contributed by atoms with van der Waals surface area (Å²) in [4.78, 5) is 0. The number of ether oxygens (including phenoxy) is 1. The van der Waals surface area contributed by atoms with Crippen molar-refractivity contribution in [2.45, 2.75) is 117 Å². The molecule has 1 aliphatic rings. The van der Waals surface area contributed by atoms with Gasteiger partial charge in [0.2, 0.25) is 9.04 Å². The van der Waals surface area contributed by atoms with Gasteiger partial charge in [-0.1, -0.05) is 251 Å². The molecule has 1 saturated carbocycles. The van der Waals surface area contributed by atoms with Crippen LogP contribution in [0.3, 0.4) is 0 Å². The number of benzene rings is 6. The van der Waals surface area contributed by atoms with E-state index in [0.29, 0.717) is 19.4 Å². The highest BCUT2D eigenvalue weighted by Crippen LogP contribution is 2.46. The Labute approximate surface area is 411 Å². The average molecular weight is 960 g/mol. The first-order chi connectivity index (χ1) is 32.4. The number of hydrogen-bond acceptors (Lipinski definition) is 5. The fourth-order valence-electron chi connectivity index (χ4n) is 10.4. The van der Waals surface area contributed by atoms with E-state index in [2.05, 4.69) is 244 Å². The van der Waals surface area contributed by atoms with Gasteiger partial charge in [-0.3, -0.25) is 0 Å². The van der Waals surface area contributed by atoms with E-state index in [9.17, 15) is 5.11 Å². The quantitative estimate of drug-likeness (QED) is 0.0774. The van der Waals surface area contributed by atoms with Crippen molar-refractivity contribution in [2.75, 3.05) is 6.61 Å². The minimum atomic E-state index is -3.23. The van der Waals surface area contributed by atoms with E-state index in [0.717, 1.165) is 21.5 Å². The molecule has 6 aromatic rings. The van der Waals surface area contributed by atoms with Crippen molar-refractivity contribution in [3.63, 3.8) is 0 Å². The van der Waals surface area contributed by atoms with E-state index < -0.39 is 44.0 Å². The van der Waals surface area contributed by atoms with Gasteiger partial charge in [0.1, 0.15) is 6.10 Å². The van der Waals surface area contributed by atoms with Crippen LogP contribution in [-0.2, 0) is 18.0 Å². The van der Waals surface area contributed by atoms with E-state index in [1.165, 1.54) is 20.7 Å². The van der Waals surface area contributed by atoms with Crippen LogP contribution in [0.15, 0.2) is 205 Å². The van der Waals surface area contributed by atoms with Crippen molar-refractivity contribution in [1.82, 2.24) is 0 Å². The highest BCUT2D eigenvalue weighted by atomic mass is 28.4. The normalized spacial score (nSPS) is 18.6. The lowest BCUT2D eigenvalue weighted by Gasteiger charge is -2.52. The van der Waals surface area contributed by atoms with Gasteiger partial charge in [0.15, 0.2) is 0 Å². The number of aliphatic hydroxyl groups is 1. The fraction of sp³-hybridized carbons (Fsp3) is 0.333. The van der Waals surface area contributed by atoms with E-state index in [4.69, 9.17) is 24.6 Å². The van der Waals surface area contributed by atoms with Gasteiger partial charge < -0.3 is 23.1 Å². The second-order valence-corrected chi connectivity index (χ2v) is 32.5. The highest BCUT2D eigenvalue weighted by Gasteiger charge is 2.58. The van der Waals surface area contributed by atoms with Gasteiger partial charge in [0.25, 0.3) is 16.6 Å². The Morgan fingerprint density at radius 2 is 0.926 bits per heavy atom. The predicted molar refractivity (Wildman–Crippen MR) is 292 cm³/mol. The molecule has 1 fully saturated rings. The average Bonchev–Trinajstić information content (AvgIpc) is 3.32. The number of aliphatic hydroxyl groups excluding tert-OH is 1. The third-order valence-corrected chi connectivity index (χ3v) is 26.5. The molecule has 0 aromatic heterocycles. The summed E-state index contributed by atoms with van der Waals surface area (Å²) in [5.74, 6) is 0.222. The Morgan fingerprint density at radius 1 is 0.574 bits per heavy atom. The summed E-state index contributed by atoms with van der Waals surface area (Å²) in [7, 11) is -8.53. The Bertz CT molecular complexity index is 2430. The lowest BCUT2D eigenvalue weighted by Crippen LogP contribution is -2.71. The molecule has 0 spiro atoms. The fourth-order valence-corrected chi connectivity index (χ4v) is 22.5. The van der Waals surface area contributed by atoms with Crippen molar-refractivity contribution in [3.8, 4) is 0 Å². The van der Waals surface area contributed by atoms with Crippen LogP contribution in [0.4, 0.5) is 0 Å². The van der Waals surface area contributed by atoms with Gasteiger partial charge in [-0.15, -0.1) is 0 Å². The van der Waals surface area contributed by atoms with E-state index >= 15 is 0 Å². The number of hydrogen-bond donors (Lipinski definition) is 1. The molecule has 0 radical (unpaired) electrons. The summed E-state index contributed by atoms with van der Waals surface area (Å²) >= 11 is 0. The molecule has 8 heteroatoms. The van der Waals surface area contributed by atoms with Crippen LogP contribution in [0.2, 0.25) is 10.1 Å². The molecule has 356 valence electrons. The van der Waals surface area contributed by atoms with Crippen LogP contribution >= 0.6 is 0 Å². The molecule has 6 aromatic carbocycles. The summed E-state index contributed by atoms with van der Waals surface area (Å²) in [6.45, 7) is 27.6. The molecule has 68 heavy (non-hydrogen) atoms. The van der Waals surface area contributed by atoms with Gasteiger partial charge >= 0.3 is 0 Å². The SMILES string of the molecule is C=C1C(=C(C)O)CC(O[Si](c2ccccc2)(c2ccccc2)C(C)(C)C)C(OCCC(O[SiH](c2ccccc2)c2ccccc2)C(C)(C)C)C1O[Si](c1ccccc1)(c1ccccc1)C(C)(C)C. The molecule has 0 amide bonds. The van der Waals surface area contributed by atoms with Crippen LogP contribution in [0.1, 0.15) is 82.1 Å². The molecule has 1 aliphatic carbocycles. The summed E-state index contributed by atoms with van der Waals surface area (Å²) in [6, 6.07) is 64.5. The van der Waals surface area contributed by atoms with Gasteiger partial charge in [-0.05, 0) is 71.1 Å². The smallest absolute Gasteiger partial charge is 0.262 e. The van der Waals surface area contributed by atoms with Crippen LogP contribution in [0, 0.1) is 5.41 Å². The molecular formula is C60H74O5Si3. The van der Waals surface area contributed by atoms with Gasteiger partial charge in [-0.25, -0.2) is 0 Å². The molecule has 0 aliphatic heterocycles. The zero-order valence-corrected chi connectivity index (χ0v) is 45.3. The Kier molecular flexibility index (Phi) is 16.0. The van der Waals surface area contributed by atoms with Crippen LogP contribution in [-0.4, -0.2) is 61.8 Å². The third-order valence-electron chi connectivity index (χ3n) is 13.9. The van der Waals surface area contributed by atoms with Crippen LogP contribution in [0.5, 0.6) is 0 Å². The van der Waals surface area contributed by atoms with Crippen molar-refractivity contribution in [2.24, 2.45) is 5.41 Å². The Balaban J connectivity index is 1.39. The first-order valence-corrected chi connectivity index (χ1v) is 29.9. The molecule has 4 atom stereocenters. The zero-order chi connectivity index (χ0) is 48.7. The van der Waals surface area contributed by atoms with Crippen LogP contribution < -0.4 is 31.1 Å². The zero-order valence-electron chi connectivity index (χ0n) is 42.1. The maximum Gasteiger partial charge on any atom is 0.262 e. The Hall–Kier alpha value is -4.91. The summed E-state index contributed by atoms with van der Waals surface area (Å²) < 4.78 is 31.3. The number of allylic oxidation sites excluding steroid dienone is 1. The first-order valence-electron chi connectivity index (χ1n) is 24.4. The second-order valence-electron chi connectivity index (χ2n) is 21.6. The highest BCUT2D eigenvalue weighted by molar-refractivity contribution is 7.00. The predicted octanol–water partition coefficient (Wildman–Crippen LogP) is 10.4. The molecule has 0 saturated heterocycles. The van der Waals surface area contributed by atoms with Crippen LogP contribution in [0.25, 0.3) is 0 Å². The first kappa shape index (κ1) is 51.0. The lowest BCUT2D eigenvalue weighted by atomic mass is 9.83. The summed E-state index contributed by atoms with van der Waals surface area (Å²) in [5.41, 5.74) is 1.29. The van der Waals surface area contributed by atoms with Crippen molar-refractivity contribution < 1.29 is 23.1 Å².